The van der Waals surface area contributed by atoms with Crippen molar-refractivity contribution < 1.29 is 0 Å². The van der Waals surface area contributed by atoms with Crippen LogP contribution in [0.15, 0.2) is 24.3 Å². The summed E-state index contributed by atoms with van der Waals surface area (Å²) < 4.78 is 0. The van der Waals surface area contributed by atoms with E-state index in [9.17, 15) is 0 Å². The molecule has 0 radical (unpaired) electrons. The van der Waals surface area contributed by atoms with Crippen LogP contribution < -0.4 is 5.73 Å². The molecule has 16 heavy (non-hydrogen) atoms. The molecule has 1 heteroatoms. The Morgan fingerprint density at radius 3 is 2.62 bits per heavy atom. The van der Waals surface area contributed by atoms with E-state index in [1.54, 1.807) is 0 Å². The van der Waals surface area contributed by atoms with Crippen LogP contribution >= 0.6 is 0 Å². The summed E-state index contributed by atoms with van der Waals surface area (Å²) in [5.41, 5.74) is 11.2. The normalized spacial score (nSPS) is 19.3. The van der Waals surface area contributed by atoms with Gasteiger partial charge in [-0.3, -0.25) is 0 Å². The van der Waals surface area contributed by atoms with Gasteiger partial charge in [0.2, 0.25) is 0 Å². The lowest BCUT2D eigenvalue weighted by atomic mass is 9.75. The molecule has 0 saturated heterocycles. The second kappa shape index (κ2) is 3.97. The van der Waals surface area contributed by atoms with E-state index in [1.807, 2.05) is 0 Å². The number of nitrogens with two attached hydrogens (primary N) is 1. The zero-order valence-corrected chi connectivity index (χ0v) is 10.5. The third-order valence-electron chi connectivity index (χ3n) is 3.53. The summed E-state index contributed by atoms with van der Waals surface area (Å²) in [6.07, 6.45) is 6.01. The minimum absolute atomic E-state index is 0.434. The third-order valence-corrected chi connectivity index (χ3v) is 3.53. The fraction of sp³-hybridized carbons (Fsp3) is 0.467. The Hall–Kier alpha value is -1.24. The van der Waals surface area contributed by atoms with E-state index in [-0.39, 0.29) is 0 Å². The van der Waals surface area contributed by atoms with Crippen molar-refractivity contribution in [3.8, 4) is 0 Å². The van der Waals surface area contributed by atoms with Crippen LogP contribution in [-0.4, -0.2) is 0 Å². The Bertz CT molecular complexity index is 427. The summed E-state index contributed by atoms with van der Waals surface area (Å²) in [5, 5.41) is 0. The van der Waals surface area contributed by atoms with Crippen LogP contribution in [0, 0.1) is 12.3 Å². The standard InChI is InChI=1S/C15H21N/c1-11-6-7-12(9-14(11)16)13-5-4-8-15(2,3)10-13/h5-7,9H,4,8,10,16H2,1-3H3. The monoisotopic (exact) mass is 215 g/mol. The smallest absolute Gasteiger partial charge is 0.0349 e. The Balaban J connectivity index is 2.31. The van der Waals surface area contributed by atoms with Gasteiger partial charge in [0.25, 0.3) is 0 Å². The number of allylic oxidation sites excluding steroid dienone is 2. The van der Waals surface area contributed by atoms with E-state index >= 15 is 0 Å². The second-order valence-corrected chi connectivity index (χ2v) is 5.68. The van der Waals surface area contributed by atoms with Crippen LogP contribution in [0.4, 0.5) is 5.69 Å². The summed E-state index contributed by atoms with van der Waals surface area (Å²) >= 11 is 0. The lowest BCUT2D eigenvalue weighted by Gasteiger charge is -2.30. The van der Waals surface area contributed by atoms with E-state index in [4.69, 9.17) is 5.73 Å². The average molecular weight is 215 g/mol. The number of hydrogen-bond donors (Lipinski definition) is 1. The minimum Gasteiger partial charge on any atom is -0.398 e. The molecule has 0 amide bonds. The van der Waals surface area contributed by atoms with Gasteiger partial charge in [-0.1, -0.05) is 32.1 Å². The van der Waals surface area contributed by atoms with Gasteiger partial charge in [0.1, 0.15) is 0 Å². The molecule has 0 spiro atoms. The van der Waals surface area contributed by atoms with Gasteiger partial charge in [-0.2, -0.15) is 0 Å². The van der Waals surface area contributed by atoms with Gasteiger partial charge in [-0.25, -0.2) is 0 Å². The lowest BCUT2D eigenvalue weighted by Crippen LogP contribution is -2.15. The molecule has 0 unspecified atom stereocenters. The number of hydrogen-bond acceptors (Lipinski definition) is 1. The zero-order chi connectivity index (χ0) is 11.8. The molecule has 0 aliphatic heterocycles. The molecule has 0 heterocycles. The maximum atomic E-state index is 5.97. The molecule has 0 bridgehead atoms. The molecule has 0 atom stereocenters. The highest BCUT2D eigenvalue weighted by atomic mass is 14.6. The van der Waals surface area contributed by atoms with Gasteiger partial charge < -0.3 is 5.73 Å². The highest BCUT2D eigenvalue weighted by molar-refractivity contribution is 5.70. The van der Waals surface area contributed by atoms with Crippen molar-refractivity contribution in [3.05, 3.63) is 35.4 Å². The van der Waals surface area contributed by atoms with Crippen molar-refractivity contribution in [1.29, 1.82) is 0 Å². The molecule has 1 aromatic rings. The molecule has 2 N–H and O–H groups in total. The molecule has 0 saturated carbocycles. The van der Waals surface area contributed by atoms with Crippen LogP contribution in [0.2, 0.25) is 0 Å². The summed E-state index contributed by atoms with van der Waals surface area (Å²) in [6, 6.07) is 6.43. The summed E-state index contributed by atoms with van der Waals surface area (Å²) in [4.78, 5) is 0. The Morgan fingerprint density at radius 2 is 2.00 bits per heavy atom. The van der Waals surface area contributed by atoms with Crippen LogP contribution in [0.3, 0.4) is 0 Å². The van der Waals surface area contributed by atoms with Crippen LogP contribution in [-0.2, 0) is 0 Å². The number of aryl methyl sites for hydroxylation is 1. The van der Waals surface area contributed by atoms with Crippen LogP contribution in [0.25, 0.3) is 5.57 Å². The molecule has 86 valence electrons. The number of nitrogen functional groups attached to an aromatic ring is 1. The highest BCUT2D eigenvalue weighted by Crippen LogP contribution is 2.39. The topological polar surface area (TPSA) is 26.0 Å². The zero-order valence-electron chi connectivity index (χ0n) is 10.5. The molecule has 1 aliphatic rings. The van der Waals surface area contributed by atoms with E-state index < -0.39 is 0 Å². The van der Waals surface area contributed by atoms with Crippen molar-refractivity contribution >= 4 is 11.3 Å². The second-order valence-electron chi connectivity index (χ2n) is 5.68. The first-order chi connectivity index (χ1) is 7.48. The van der Waals surface area contributed by atoms with Gasteiger partial charge in [0.05, 0.1) is 0 Å². The van der Waals surface area contributed by atoms with Crippen molar-refractivity contribution in [1.82, 2.24) is 0 Å². The summed E-state index contributed by atoms with van der Waals surface area (Å²) in [5.74, 6) is 0. The Labute approximate surface area is 98.4 Å². The van der Waals surface area contributed by atoms with Crippen molar-refractivity contribution in [2.45, 2.75) is 40.0 Å². The predicted molar refractivity (Wildman–Crippen MR) is 71.2 cm³/mol. The summed E-state index contributed by atoms with van der Waals surface area (Å²) in [6.45, 7) is 6.74. The van der Waals surface area contributed by atoms with E-state index in [0.29, 0.717) is 5.41 Å². The Morgan fingerprint density at radius 1 is 1.25 bits per heavy atom. The van der Waals surface area contributed by atoms with Gasteiger partial charge >= 0.3 is 0 Å². The number of rotatable bonds is 1. The molecule has 2 rings (SSSR count). The molecule has 1 aromatic carbocycles. The Kier molecular flexibility index (Phi) is 2.79. The molecule has 1 nitrogen and oxygen atoms in total. The first-order valence-electron chi connectivity index (χ1n) is 6.03. The predicted octanol–water partition coefficient (Wildman–Crippen LogP) is 4.17. The van der Waals surface area contributed by atoms with Crippen molar-refractivity contribution in [2.75, 3.05) is 5.73 Å². The van der Waals surface area contributed by atoms with Gasteiger partial charge in [-0.05, 0) is 54.4 Å². The van der Waals surface area contributed by atoms with Crippen LogP contribution in [0.1, 0.15) is 44.2 Å². The van der Waals surface area contributed by atoms with Crippen molar-refractivity contribution in [3.63, 3.8) is 0 Å². The van der Waals surface area contributed by atoms with Crippen molar-refractivity contribution in [2.24, 2.45) is 5.41 Å². The molecule has 0 aromatic heterocycles. The SMILES string of the molecule is Cc1ccc(C2=CCCC(C)(C)C2)cc1N. The minimum atomic E-state index is 0.434. The lowest BCUT2D eigenvalue weighted by molar-refractivity contribution is 0.338. The quantitative estimate of drug-likeness (QED) is 0.699. The third kappa shape index (κ3) is 2.29. The van der Waals surface area contributed by atoms with E-state index in [2.05, 4.69) is 45.0 Å². The molecular formula is C15H21N. The van der Waals surface area contributed by atoms with Gasteiger partial charge in [-0.15, -0.1) is 0 Å². The maximum absolute atomic E-state index is 5.97. The van der Waals surface area contributed by atoms with Gasteiger partial charge in [0, 0.05) is 5.69 Å². The molecular weight excluding hydrogens is 194 g/mol. The molecule has 0 fully saturated rings. The number of anilines is 1. The average Bonchev–Trinajstić information content (AvgIpc) is 2.20. The number of benzene rings is 1. The fourth-order valence-corrected chi connectivity index (χ4v) is 2.37. The first-order valence-corrected chi connectivity index (χ1v) is 6.03. The van der Waals surface area contributed by atoms with Crippen LogP contribution in [0.5, 0.6) is 0 Å². The highest BCUT2D eigenvalue weighted by Gasteiger charge is 2.23. The van der Waals surface area contributed by atoms with E-state index in [0.717, 1.165) is 12.1 Å². The first kappa shape index (κ1) is 11.3. The van der Waals surface area contributed by atoms with Gasteiger partial charge in [0.15, 0.2) is 0 Å². The maximum Gasteiger partial charge on any atom is 0.0349 e. The molecule has 1 aliphatic carbocycles. The fourth-order valence-electron chi connectivity index (χ4n) is 2.37. The largest absolute Gasteiger partial charge is 0.398 e. The van der Waals surface area contributed by atoms with E-state index in [1.165, 1.54) is 29.5 Å². The summed E-state index contributed by atoms with van der Waals surface area (Å²) in [7, 11) is 0.